The largest absolute Gasteiger partial charge is 0.494 e. The van der Waals surface area contributed by atoms with Crippen molar-refractivity contribution in [1.29, 1.82) is 0 Å². The number of hydrogen-bond donors (Lipinski definition) is 0. The van der Waals surface area contributed by atoms with E-state index in [-0.39, 0.29) is 11.9 Å². The number of halogens is 2. The van der Waals surface area contributed by atoms with E-state index >= 15 is 0 Å². The molecule has 1 aliphatic rings. The van der Waals surface area contributed by atoms with Crippen molar-refractivity contribution in [1.82, 2.24) is 18.9 Å². The second kappa shape index (κ2) is 11.8. The third-order valence-corrected chi connectivity index (χ3v) is 10.6. The van der Waals surface area contributed by atoms with Gasteiger partial charge < -0.3 is 18.8 Å². The third kappa shape index (κ3) is 5.02. The van der Waals surface area contributed by atoms with E-state index in [1.165, 1.54) is 0 Å². The lowest BCUT2D eigenvalue weighted by Crippen LogP contribution is -2.43. The number of aryl methyl sites for hydroxylation is 6. The van der Waals surface area contributed by atoms with Crippen LogP contribution in [0.25, 0.3) is 32.9 Å². The molecule has 0 radical (unpaired) electrons. The molecule has 6 aromatic rings. The van der Waals surface area contributed by atoms with Gasteiger partial charge in [0.2, 0.25) is 0 Å². The molecule has 7 rings (SSSR count). The summed E-state index contributed by atoms with van der Waals surface area (Å²) in [6.07, 6.45) is 3.44. The zero-order valence-electron chi connectivity index (χ0n) is 27.9. The van der Waals surface area contributed by atoms with Crippen molar-refractivity contribution >= 4 is 56.6 Å². The number of hydrogen-bond acceptors (Lipinski definition) is 3. The van der Waals surface area contributed by atoms with Crippen molar-refractivity contribution in [3.8, 4) is 16.9 Å². The third-order valence-electron chi connectivity index (χ3n) is 9.73. The number of nitrogens with zero attached hydrogens (tertiary/aromatic N) is 5. The van der Waals surface area contributed by atoms with E-state index in [0.717, 1.165) is 83.9 Å². The lowest BCUT2D eigenvalue weighted by Gasteiger charge is -2.35. The number of aromatic nitrogens is 4. The van der Waals surface area contributed by atoms with Crippen molar-refractivity contribution in [3.63, 3.8) is 0 Å². The average molecular weight is 669 g/mol. The smallest absolute Gasteiger partial charge is 0.275 e. The maximum absolute atomic E-state index is 14.9. The Morgan fingerprint density at radius 2 is 1.70 bits per heavy atom. The first-order valence-electron chi connectivity index (χ1n) is 16.1. The van der Waals surface area contributed by atoms with Gasteiger partial charge in [0.1, 0.15) is 11.4 Å². The summed E-state index contributed by atoms with van der Waals surface area (Å²) in [5.74, 6) is 0.797. The number of rotatable bonds is 7. The van der Waals surface area contributed by atoms with Crippen molar-refractivity contribution in [3.05, 3.63) is 98.5 Å². The highest BCUT2D eigenvalue weighted by atomic mass is 35.5. The first-order chi connectivity index (χ1) is 22.5. The number of carbonyl (C=O) groups excluding carboxylic acids is 1. The molecule has 242 valence electrons. The molecule has 47 heavy (non-hydrogen) atoms. The predicted octanol–water partition coefficient (Wildman–Crippen LogP) is 9.31. The Morgan fingerprint density at radius 3 is 2.40 bits per heavy atom. The number of anilines is 1. The van der Waals surface area contributed by atoms with Crippen LogP contribution in [0.5, 0.6) is 5.75 Å². The van der Waals surface area contributed by atoms with E-state index in [2.05, 4.69) is 47.2 Å². The SMILES string of the molecule is Cc1cc(OCCCc2c3n(c4c(-c5c(C)nn(C)c5C)c(Cl)ccc24)C(C)CN(c2cccc4ccn(C)c24)C3=O)cc(C)c1Cl. The van der Waals surface area contributed by atoms with E-state index in [4.69, 9.17) is 33.0 Å². The molecule has 0 saturated carbocycles. The summed E-state index contributed by atoms with van der Waals surface area (Å²) >= 11 is 13.5. The minimum absolute atomic E-state index is 0.00503. The summed E-state index contributed by atoms with van der Waals surface area (Å²) in [4.78, 5) is 16.8. The summed E-state index contributed by atoms with van der Waals surface area (Å²) in [5, 5.41) is 8.29. The van der Waals surface area contributed by atoms with Gasteiger partial charge >= 0.3 is 0 Å². The summed E-state index contributed by atoms with van der Waals surface area (Å²) in [6, 6.07) is 16.3. The van der Waals surface area contributed by atoms with E-state index in [9.17, 15) is 4.79 Å². The predicted molar refractivity (Wildman–Crippen MR) is 193 cm³/mol. The van der Waals surface area contributed by atoms with Gasteiger partial charge in [-0.2, -0.15) is 5.10 Å². The van der Waals surface area contributed by atoms with Gasteiger partial charge in [-0.1, -0.05) is 41.4 Å². The molecule has 1 unspecified atom stereocenters. The minimum Gasteiger partial charge on any atom is -0.494 e. The van der Waals surface area contributed by atoms with E-state index in [0.29, 0.717) is 30.3 Å². The molecule has 1 atom stereocenters. The summed E-state index contributed by atoms with van der Waals surface area (Å²) in [6.45, 7) is 11.3. The fourth-order valence-corrected chi connectivity index (χ4v) is 7.85. The standard InChI is InChI=1S/C38H39Cl2N5O2/c1-21-18-27(19-22(2)34(21)40)47-17-9-11-28-29-13-14-30(39)33(32-24(4)41-43(7)25(32)5)36(29)45-23(3)20-44(38(46)37(28)45)31-12-8-10-26-15-16-42(6)35(26)31/h8,10,12-16,18-19,23H,9,11,17,20H2,1-7H3. The van der Waals surface area contributed by atoms with Crippen LogP contribution in [0.3, 0.4) is 0 Å². The fourth-order valence-electron chi connectivity index (χ4n) is 7.49. The Balaban J connectivity index is 1.37. The van der Waals surface area contributed by atoms with Crippen molar-refractivity contribution in [2.24, 2.45) is 14.1 Å². The summed E-state index contributed by atoms with van der Waals surface area (Å²) in [5.41, 5.74) is 10.6. The van der Waals surface area contributed by atoms with Gasteiger partial charge in [0.25, 0.3) is 5.91 Å². The normalized spacial score (nSPS) is 14.9. The van der Waals surface area contributed by atoms with Crippen LogP contribution in [-0.4, -0.2) is 38.0 Å². The molecule has 7 nitrogen and oxygen atoms in total. The van der Waals surface area contributed by atoms with E-state index < -0.39 is 0 Å². The molecule has 1 aliphatic heterocycles. The van der Waals surface area contributed by atoms with Crippen LogP contribution in [0.15, 0.2) is 54.7 Å². The van der Waals surface area contributed by atoms with Gasteiger partial charge in [0.15, 0.2) is 0 Å². The minimum atomic E-state index is -0.0137. The molecule has 3 aromatic heterocycles. The Labute approximate surface area is 285 Å². The molecular formula is C38H39Cl2N5O2. The van der Waals surface area contributed by atoms with Crippen molar-refractivity contribution < 1.29 is 9.53 Å². The zero-order chi connectivity index (χ0) is 33.3. The Kier molecular flexibility index (Phi) is 7.88. The van der Waals surface area contributed by atoms with Crippen LogP contribution < -0.4 is 9.64 Å². The monoisotopic (exact) mass is 667 g/mol. The number of para-hydroxylation sites is 1. The molecule has 0 bridgehead atoms. The van der Waals surface area contributed by atoms with Crippen LogP contribution in [0.4, 0.5) is 5.69 Å². The van der Waals surface area contributed by atoms with Crippen LogP contribution in [0.2, 0.25) is 10.0 Å². The Hall–Kier alpha value is -4.20. The molecule has 0 spiro atoms. The van der Waals surface area contributed by atoms with E-state index in [1.807, 2.05) is 74.9 Å². The first kappa shape index (κ1) is 31.4. The first-order valence-corrected chi connectivity index (χ1v) is 16.8. The molecule has 0 fully saturated rings. The highest BCUT2D eigenvalue weighted by Gasteiger charge is 2.37. The van der Waals surface area contributed by atoms with Gasteiger partial charge in [-0.15, -0.1) is 0 Å². The lowest BCUT2D eigenvalue weighted by atomic mass is 9.98. The van der Waals surface area contributed by atoms with Crippen molar-refractivity contribution in [2.45, 2.75) is 53.5 Å². The van der Waals surface area contributed by atoms with Crippen LogP contribution in [0.1, 0.15) is 58.0 Å². The summed E-state index contributed by atoms with van der Waals surface area (Å²) < 4.78 is 12.5. The molecule has 9 heteroatoms. The molecule has 3 aromatic carbocycles. The maximum Gasteiger partial charge on any atom is 0.275 e. The second-order valence-electron chi connectivity index (χ2n) is 12.9. The van der Waals surface area contributed by atoms with Gasteiger partial charge in [-0.05, 0) is 94.5 Å². The Bertz CT molecular complexity index is 2200. The van der Waals surface area contributed by atoms with E-state index in [1.54, 1.807) is 0 Å². The number of carbonyl (C=O) groups is 1. The summed E-state index contributed by atoms with van der Waals surface area (Å²) in [7, 11) is 3.99. The topological polar surface area (TPSA) is 57.2 Å². The Morgan fingerprint density at radius 1 is 0.957 bits per heavy atom. The molecule has 4 heterocycles. The van der Waals surface area contributed by atoms with Crippen LogP contribution >= 0.6 is 23.2 Å². The highest BCUT2D eigenvalue weighted by Crippen LogP contribution is 2.45. The molecule has 1 amide bonds. The van der Waals surface area contributed by atoms with Gasteiger partial charge in [0, 0.05) is 65.5 Å². The molecular weight excluding hydrogens is 629 g/mol. The van der Waals surface area contributed by atoms with Crippen molar-refractivity contribution in [2.75, 3.05) is 18.1 Å². The quantitative estimate of drug-likeness (QED) is 0.159. The van der Waals surface area contributed by atoms with Gasteiger partial charge in [-0.3, -0.25) is 9.48 Å². The number of ether oxygens (including phenoxy) is 1. The lowest BCUT2D eigenvalue weighted by molar-refractivity contribution is 0.0957. The highest BCUT2D eigenvalue weighted by molar-refractivity contribution is 6.35. The zero-order valence-corrected chi connectivity index (χ0v) is 29.4. The van der Waals surface area contributed by atoms with Gasteiger partial charge in [-0.25, -0.2) is 0 Å². The fraction of sp³-hybridized carbons (Fsp3) is 0.316. The number of amides is 1. The number of fused-ring (bicyclic) bond motifs is 4. The molecule has 0 N–H and O–H groups in total. The maximum atomic E-state index is 14.9. The van der Waals surface area contributed by atoms with Crippen LogP contribution in [-0.2, 0) is 20.5 Å². The van der Waals surface area contributed by atoms with Gasteiger partial charge in [0.05, 0.1) is 34.0 Å². The average Bonchev–Trinajstić information content (AvgIpc) is 3.66. The number of benzene rings is 3. The van der Waals surface area contributed by atoms with Crippen LogP contribution in [0, 0.1) is 27.7 Å². The second-order valence-corrected chi connectivity index (χ2v) is 13.7. The molecule has 0 aliphatic carbocycles. The molecule has 0 saturated heterocycles.